The van der Waals surface area contributed by atoms with E-state index in [0.717, 1.165) is 12.0 Å². The van der Waals surface area contributed by atoms with Crippen LogP contribution in [0.1, 0.15) is 35.3 Å². The van der Waals surface area contributed by atoms with E-state index in [1.807, 2.05) is 30.3 Å². The molecule has 1 saturated heterocycles. The smallest absolute Gasteiger partial charge is 0.314 e. The predicted octanol–water partition coefficient (Wildman–Crippen LogP) is 1.72. The van der Waals surface area contributed by atoms with Gasteiger partial charge in [0.15, 0.2) is 0 Å². The van der Waals surface area contributed by atoms with Gasteiger partial charge >= 0.3 is 5.97 Å². The molecule has 1 aromatic heterocycles. The number of hydrogen-bond donors (Lipinski definition) is 2. The van der Waals surface area contributed by atoms with Crippen molar-refractivity contribution in [1.29, 1.82) is 0 Å². The number of rotatable bonds is 6. The number of aliphatic carboxylic acids is 1. The summed E-state index contributed by atoms with van der Waals surface area (Å²) >= 11 is 0. The minimum absolute atomic E-state index is 0.00228. The average Bonchev–Trinajstić information content (AvgIpc) is 3.09. The number of hydrogen-bond acceptors (Lipinski definition) is 4. The number of benzene rings is 1. The van der Waals surface area contributed by atoms with Crippen molar-refractivity contribution >= 4 is 11.9 Å². The van der Waals surface area contributed by atoms with Crippen LogP contribution in [0.2, 0.25) is 0 Å². The molecule has 0 saturated carbocycles. The lowest BCUT2D eigenvalue weighted by molar-refractivity contribution is -0.162. The molecule has 1 aromatic carbocycles. The Balaban J connectivity index is 1.74. The molecule has 27 heavy (non-hydrogen) atoms. The van der Waals surface area contributed by atoms with Gasteiger partial charge in [-0.1, -0.05) is 30.3 Å². The van der Waals surface area contributed by atoms with Gasteiger partial charge in [-0.15, -0.1) is 0 Å². The molecule has 1 amide bonds. The molecule has 1 fully saturated rings. The summed E-state index contributed by atoms with van der Waals surface area (Å²) in [5, 5.41) is 20.5. The van der Waals surface area contributed by atoms with Gasteiger partial charge < -0.3 is 19.7 Å². The third-order valence-corrected chi connectivity index (χ3v) is 5.46. The maximum absolute atomic E-state index is 12.8. The number of carboxylic acid groups (broad SMARTS) is 1. The lowest BCUT2D eigenvalue weighted by Gasteiger charge is -2.43. The van der Waals surface area contributed by atoms with Gasteiger partial charge in [0.25, 0.3) is 5.91 Å². The van der Waals surface area contributed by atoms with Gasteiger partial charge in [-0.05, 0) is 31.2 Å². The number of nitrogens with zero attached hydrogens (tertiary/aromatic N) is 3. The number of likely N-dealkylation sites (tertiary alicyclic amines) is 1. The van der Waals surface area contributed by atoms with Crippen molar-refractivity contribution in [2.75, 3.05) is 13.1 Å². The summed E-state index contributed by atoms with van der Waals surface area (Å²) < 4.78 is 1.62. The first-order valence-corrected chi connectivity index (χ1v) is 9.15. The topological polar surface area (TPSA) is 95.7 Å². The summed E-state index contributed by atoms with van der Waals surface area (Å²) in [6.45, 7) is 0.335. The summed E-state index contributed by atoms with van der Waals surface area (Å²) in [4.78, 5) is 30.4. The highest BCUT2D eigenvalue weighted by Gasteiger charge is 2.49. The van der Waals surface area contributed by atoms with Crippen molar-refractivity contribution in [3.63, 3.8) is 0 Å². The highest BCUT2D eigenvalue weighted by atomic mass is 16.4. The van der Waals surface area contributed by atoms with Crippen LogP contribution in [0, 0.1) is 5.41 Å². The lowest BCUT2D eigenvalue weighted by Crippen LogP contribution is -2.57. The van der Waals surface area contributed by atoms with Crippen molar-refractivity contribution in [2.45, 2.75) is 31.8 Å². The van der Waals surface area contributed by atoms with Gasteiger partial charge in [0.2, 0.25) is 0 Å². The van der Waals surface area contributed by atoms with E-state index in [1.54, 1.807) is 11.6 Å². The van der Waals surface area contributed by atoms with Crippen LogP contribution < -0.4 is 0 Å². The molecule has 2 aromatic rings. The van der Waals surface area contributed by atoms with Crippen LogP contribution in [0.4, 0.5) is 0 Å². The Bertz CT molecular complexity index is 805. The molecular weight excluding hydrogens is 346 g/mol. The Morgan fingerprint density at radius 1 is 1.30 bits per heavy atom. The second kappa shape index (κ2) is 7.92. The molecule has 7 nitrogen and oxygen atoms in total. The Labute approximate surface area is 158 Å². The quantitative estimate of drug-likeness (QED) is 0.806. The fourth-order valence-electron chi connectivity index (χ4n) is 3.79. The SMILES string of the molecule is Cn1cncc1C(=O)N1CC[C@H](O)[C@](CCCc2ccccc2)(C(=O)O)C1. The van der Waals surface area contributed by atoms with E-state index in [-0.39, 0.29) is 18.9 Å². The number of aryl methyl sites for hydroxylation is 2. The number of piperidine rings is 1. The van der Waals surface area contributed by atoms with Crippen molar-refractivity contribution in [3.05, 3.63) is 54.1 Å². The van der Waals surface area contributed by atoms with Gasteiger partial charge in [0, 0.05) is 20.1 Å². The van der Waals surface area contributed by atoms with Gasteiger partial charge in [-0.3, -0.25) is 9.59 Å². The zero-order chi connectivity index (χ0) is 19.4. The van der Waals surface area contributed by atoms with Crippen molar-refractivity contribution in [3.8, 4) is 0 Å². The van der Waals surface area contributed by atoms with Crippen molar-refractivity contribution in [2.24, 2.45) is 12.5 Å². The van der Waals surface area contributed by atoms with Crippen molar-refractivity contribution < 1.29 is 19.8 Å². The van der Waals surface area contributed by atoms with Crippen LogP contribution in [-0.4, -0.2) is 55.7 Å². The Morgan fingerprint density at radius 2 is 2.04 bits per heavy atom. The summed E-state index contributed by atoms with van der Waals surface area (Å²) in [6, 6.07) is 9.85. The summed E-state index contributed by atoms with van der Waals surface area (Å²) in [7, 11) is 1.73. The predicted molar refractivity (Wildman–Crippen MR) is 99.2 cm³/mol. The summed E-state index contributed by atoms with van der Waals surface area (Å²) in [5.74, 6) is -1.30. The molecule has 3 rings (SSSR count). The molecule has 0 spiro atoms. The number of amides is 1. The standard InChI is InChI=1S/C20H25N3O4/c1-22-14-21-12-16(22)18(25)23-11-9-17(24)20(13-23,19(26)27)10-5-8-15-6-3-2-4-7-15/h2-4,6-7,12,14,17,24H,5,8-11,13H2,1H3,(H,26,27)/t17-,20+/m0/s1. The minimum atomic E-state index is -1.35. The molecule has 1 aliphatic heterocycles. The molecule has 0 unspecified atom stereocenters. The lowest BCUT2D eigenvalue weighted by atomic mass is 9.73. The first kappa shape index (κ1) is 19.1. The maximum atomic E-state index is 12.8. The molecule has 144 valence electrons. The molecule has 2 heterocycles. The minimum Gasteiger partial charge on any atom is -0.481 e. The van der Waals surface area contributed by atoms with E-state index in [4.69, 9.17) is 0 Å². The van der Waals surface area contributed by atoms with E-state index >= 15 is 0 Å². The molecule has 1 aliphatic rings. The Morgan fingerprint density at radius 3 is 2.67 bits per heavy atom. The first-order chi connectivity index (χ1) is 12.9. The normalized spacial score (nSPS) is 22.6. The van der Waals surface area contributed by atoms with Crippen LogP contribution in [-0.2, 0) is 18.3 Å². The molecule has 0 bridgehead atoms. The molecule has 2 atom stereocenters. The fraction of sp³-hybridized carbons (Fsp3) is 0.450. The van der Waals surface area contributed by atoms with E-state index in [1.165, 1.54) is 17.4 Å². The number of aliphatic hydroxyl groups excluding tert-OH is 1. The van der Waals surface area contributed by atoms with E-state index in [9.17, 15) is 19.8 Å². The molecule has 0 radical (unpaired) electrons. The second-order valence-corrected chi connectivity index (χ2v) is 7.22. The van der Waals surface area contributed by atoms with Gasteiger partial charge in [0.1, 0.15) is 11.1 Å². The summed E-state index contributed by atoms with van der Waals surface area (Å²) in [6.07, 6.45) is 3.97. The van der Waals surface area contributed by atoms with Crippen LogP contribution in [0.15, 0.2) is 42.9 Å². The Hall–Kier alpha value is -2.67. The van der Waals surface area contributed by atoms with Crippen LogP contribution in [0.3, 0.4) is 0 Å². The van der Waals surface area contributed by atoms with E-state index < -0.39 is 17.5 Å². The van der Waals surface area contributed by atoms with E-state index in [0.29, 0.717) is 25.1 Å². The Kier molecular flexibility index (Phi) is 5.60. The molecule has 0 aliphatic carbocycles. The molecule has 2 N–H and O–H groups in total. The number of carbonyl (C=O) groups is 2. The highest BCUT2D eigenvalue weighted by Crippen LogP contribution is 2.36. The second-order valence-electron chi connectivity index (χ2n) is 7.22. The number of carboxylic acids is 1. The third-order valence-electron chi connectivity index (χ3n) is 5.46. The highest BCUT2D eigenvalue weighted by molar-refractivity contribution is 5.93. The number of imidazole rings is 1. The third kappa shape index (κ3) is 3.88. The number of carbonyl (C=O) groups excluding carboxylic acids is 1. The number of aromatic nitrogens is 2. The molecule has 7 heteroatoms. The van der Waals surface area contributed by atoms with Gasteiger partial charge in [-0.2, -0.15) is 0 Å². The molecular formula is C20H25N3O4. The van der Waals surface area contributed by atoms with E-state index in [2.05, 4.69) is 4.98 Å². The van der Waals surface area contributed by atoms with Gasteiger partial charge in [-0.25, -0.2) is 4.98 Å². The zero-order valence-electron chi connectivity index (χ0n) is 15.4. The first-order valence-electron chi connectivity index (χ1n) is 9.15. The van der Waals surface area contributed by atoms with Crippen LogP contribution >= 0.6 is 0 Å². The summed E-state index contributed by atoms with van der Waals surface area (Å²) in [5.41, 5.74) is 0.197. The zero-order valence-corrected chi connectivity index (χ0v) is 15.4. The average molecular weight is 371 g/mol. The monoisotopic (exact) mass is 371 g/mol. The number of aliphatic hydroxyl groups is 1. The maximum Gasteiger partial charge on any atom is 0.314 e. The van der Waals surface area contributed by atoms with Crippen molar-refractivity contribution in [1.82, 2.24) is 14.5 Å². The van der Waals surface area contributed by atoms with Gasteiger partial charge in [0.05, 0.1) is 18.6 Å². The fourth-order valence-corrected chi connectivity index (χ4v) is 3.79. The van der Waals surface area contributed by atoms with Crippen LogP contribution in [0.5, 0.6) is 0 Å². The largest absolute Gasteiger partial charge is 0.481 e. The van der Waals surface area contributed by atoms with Crippen LogP contribution in [0.25, 0.3) is 0 Å².